The minimum Gasteiger partial charge on any atom is -0.292 e. The monoisotopic (exact) mass is 201 g/mol. The van der Waals surface area contributed by atoms with Crippen LogP contribution in [-0.2, 0) is 0 Å². The number of alkyl halides is 1. The lowest BCUT2D eigenvalue weighted by Crippen LogP contribution is -2.46. The summed E-state index contributed by atoms with van der Waals surface area (Å²) in [6.45, 7) is 10.5. The lowest BCUT2D eigenvalue weighted by molar-refractivity contribution is 0.0765. The fourth-order valence-corrected chi connectivity index (χ4v) is 2.80. The molecule has 3 unspecified atom stereocenters. The molecule has 0 N–H and O–H groups in total. The van der Waals surface area contributed by atoms with Crippen molar-refractivity contribution in [1.29, 1.82) is 0 Å². The second-order valence-corrected chi connectivity index (χ2v) is 5.17. The van der Waals surface area contributed by atoms with Crippen LogP contribution in [0.3, 0.4) is 0 Å². The summed E-state index contributed by atoms with van der Waals surface area (Å²) in [6, 6.07) is 1.20. The molecular formula is C12H24FN. The summed E-state index contributed by atoms with van der Waals surface area (Å²) >= 11 is 0. The van der Waals surface area contributed by atoms with Crippen LogP contribution in [0, 0.1) is 5.92 Å². The molecule has 1 nitrogen and oxygen atoms in total. The zero-order valence-corrected chi connectivity index (χ0v) is 10.1. The zero-order chi connectivity index (χ0) is 10.9. The Balaban J connectivity index is 2.74. The van der Waals surface area contributed by atoms with Crippen LogP contribution in [0.2, 0.25) is 0 Å². The lowest BCUT2D eigenvalue weighted by Gasteiger charge is -2.36. The molecule has 1 heterocycles. The van der Waals surface area contributed by atoms with Gasteiger partial charge in [-0.1, -0.05) is 13.8 Å². The Morgan fingerprint density at radius 3 is 1.86 bits per heavy atom. The van der Waals surface area contributed by atoms with Crippen molar-refractivity contribution < 1.29 is 4.39 Å². The van der Waals surface area contributed by atoms with Gasteiger partial charge in [-0.3, -0.25) is 4.90 Å². The molecule has 1 aliphatic heterocycles. The Bertz CT molecular complexity index is 161. The minimum atomic E-state index is -0.693. The van der Waals surface area contributed by atoms with Crippen molar-refractivity contribution in [1.82, 2.24) is 4.90 Å². The number of rotatable bonds is 3. The fraction of sp³-hybridized carbons (Fsp3) is 1.00. The highest BCUT2D eigenvalue weighted by Crippen LogP contribution is 2.33. The summed E-state index contributed by atoms with van der Waals surface area (Å²) in [4.78, 5) is 2.38. The van der Waals surface area contributed by atoms with Crippen LogP contribution in [0.25, 0.3) is 0 Å². The van der Waals surface area contributed by atoms with Gasteiger partial charge in [0.05, 0.1) is 0 Å². The van der Waals surface area contributed by atoms with E-state index in [1.807, 2.05) is 0 Å². The average Bonchev–Trinajstić information content (AvgIpc) is 2.46. The molecule has 0 spiro atoms. The molecule has 0 saturated carbocycles. The number of halogens is 1. The number of hydrogen-bond donors (Lipinski definition) is 0. The molecule has 1 fully saturated rings. The van der Waals surface area contributed by atoms with E-state index in [0.29, 0.717) is 18.0 Å². The summed E-state index contributed by atoms with van der Waals surface area (Å²) < 4.78 is 13.4. The highest BCUT2D eigenvalue weighted by molar-refractivity contribution is 4.93. The third-order valence-corrected chi connectivity index (χ3v) is 3.42. The molecule has 1 rings (SSSR count). The van der Waals surface area contributed by atoms with Gasteiger partial charge in [-0.15, -0.1) is 0 Å². The van der Waals surface area contributed by atoms with Crippen molar-refractivity contribution >= 4 is 0 Å². The van der Waals surface area contributed by atoms with Gasteiger partial charge in [-0.2, -0.15) is 0 Å². The van der Waals surface area contributed by atoms with Gasteiger partial charge in [-0.05, 0) is 39.5 Å². The zero-order valence-electron chi connectivity index (χ0n) is 10.1. The molecule has 1 saturated heterocycles. The molecule has 0 aromatic rings. The van der Waals surface area contributed by atoms with Gasteiger partial charge in [0.2, 0.25) is 0 Å². The fourth-order valence-electron chi connectivity index (χ4n) is 2.80. The highest BCUT2D eigenvalue weighted by Gasteiger charge is 2.39. The summed E-state index contributed by atoms with van der Waals surface area (Å²) in [7, 11) is 0. The Kier molecular flexibility index (Phi) is 3.94. The first-order valence-electron chi connectivity index (χ1n) is 5.86. The third kappa shape index (κ3) is 2.28. The molecule has 84 valence electrons. The molecule has 2 heteroatoms. The summed E-state index contributed by atoms with van der Waals surface area (Å²) in [6.07, 6.45) is 1.49. The van der Waals surface area contributed by atoms with E-state index in [4.69, 9.17) is 0 Å². The third-order valence-electron chi connectivity index (χ3n) is 3.42. The predicted octanol–water partition coefficient (Wildman–Crippen LogP) is 3.24. The van der Waals surface area contributed by atoms with Crippen molar-refractivity contribution in [2.45, 2.75) is 71.8 Å². The standard InChI is InChI=1S/C12H24FN/c1-8(2)11-6-7-12(10(5)13)14(11)9(3)4/h8-12H,6-7H2,1-5H3. The Morgan fingerprint density at radius 1 is 1.00 bits per heavy atom. The van der Waals surface area contributed by atoms with E-state index in [9.17, 15) is 4.39 Å². The van der Waals surface area contributed by atoms with Gasteiger partial charge in [0, 0.05) is 18.1 Å². The van der Waals surface area contributed by atoms with E-state index in [-0.39, 0.29) is 6.04 Å². The molecule has 3 atom stereocenters. The lowest BCUT2D eigenvalue weighted by atomic mass is 10.0. The topological polar surface area (TPSA) is 3.24 Å². The second-order valence-electron chi connectivity index (χ2n) is 5.17. The van der Waals surface area contributed by atoms with E-state index in [1.54, 1.807) is 6.92 Å². The molecule has 0 amide bonds. The quantitative estimate of drug-likeness (QED) is 0.677. The Hall–Kier alpha value is -0.110. The van der Waals surface area contributed by atoms with Gasteiger partial charge in [0.25, 0.3) is 0 Å². The number of nitrogens with zero attached hydrogens (tertiary/aromatic N) is 1. The van der Waals surface area contributed by atoms with Crippen LogP contribution in [0.1, 0.15) is 47.5 Å². The van der Waals surface area contributed by atoms with Crippen LogP contribution in [0.4, 0.5) is 4.39 Å². The van der Waals surface area contributed by atoms with Crippen molar-refractivity contribution in [3.05, 3.63) is 0 Å². The van der Waals surface area contributed by atoms with Gasteiger partial charge >= 0.3 is 0 Å². The van der Waals surface area contributed by atoms with E-state index in [2.05, 4.69) is 32.6 Å². The van der Waals surface area contributed by atoms with Gasteiger partial charge in [0.1, 0.15) is 6.17 Å². The van der Waals surface area contributed by atoms with Crippen LogP contribution in [-0.4, -0.2) is 29.2 Å². The molecule has 0 aromatic heterocycles. The van der Waals surface area contributed by atoms with Gasteiger partial charge < -0.3 is 0 Å². The maximum Gasteiger partial charge on any atom is 0.113 e. The smallest absolute Gasteiger partial charge is 0.113 e. The molecule has 0 radical (unpaired) electrons. The van der Waals surface area contributed by atoms with Crippen molar-refractivity contribution in [3.8, 4) is 0 Å². The molecule has 0 bridgehead atoms. The van der Waals surface area contributed by atoms with Crippen LogP contribution in [0.15, 0.2) is 0 Å². The first-order valence-corrected chi connectivity index (χ1v) is 5.86. The average molecular weight is 201 g/mol. The van der Waals surface area contributed by atoms with Crippen molar-refractivity contribution in [2.75, 3.05) is 0 Å². The maximum absolute atomic E-state index is 13.4. The molecule has 14 heavy (non-hydrogen) atoms. The largest absolute Gasteiger partial charge is 0.292 e. The predicted molar refractivity (Wildman–Crippen MR) is 59.2 cm³/mol. The Labute approximate surface area is 87.7 Å². The highest BCUT2D eigenvalue weighted by atomic mass is 19.1. The molecule has 1 aliphatic rings. The second kappa shape index (κ2) is 4.61. The SMILES string of the molecule is CC(C)C1CCC(C(C)F)N1C(C)C. The van der Waals surface area contributed by atoms with E-state index in [1.165, 1.54) is 0 Å². The normalized spacial score (nSPS) is 31.7. The number of hydrogen-bond acceptors (Lipinski definition) is 1. The molecule has 0 aromatic carbocycles. The van der Waals surface area contributed by atoms with Gasteiger partial charge in [0.15, 0.2) is 0 Å². The maximum atomic E-state index is 13.4. The Morgan fingerprint density at radius 2 is 1.50 bits per heavy atom. The summed E-state index contributed by atoms with van der Waals surface area (Å²) in [5, 5.41) is 0. The van der Waals surface area contributed by atoms with Crippen molar-refractivity contribution in [2.24, 2.45) is 5.92 Å². The molecular weight excluding hydrogens is 177 g/mol. The van der Waals surface area contributed by atoms with Crippen LogP contribution < -0.4 is 0 Å². The van der Waals surface area contributed by atoms with E-state index < -0.39 is 6.17 Å². The van der Waals surface area contributed by atoms with E-state index >= 15 is 0 Å². The first kappa shape index (κ1) is 12.0. The summed E-state index contributed by atoms with van der Waals surface area (Å²) in [5.74, 6) is 0.640. The summed E-state index contributed by atoms with van der Waals surface area (Å²) in [5.41, 5.74) is 0. The van der Waals surface area contributed by atoms with Crippen molar-refractivity contribution in [3.63, 3.8) is 0 Å². The minimum absolute atomic E-state index is 0.155. The number of likely N-dealkylation sites (tertiary alicyclic amines) is 1. The molecule has 0 aliphatic carbocycles. The first-order chi connectivity index (χ1) is 6.45. The van der Waals surface area contributed by atoms with Crippen LogP contribution >= 0.6 is 0 Å². The van der Waals surface area contributed by atoms with Crippen LogP contribution in [0.5, 0.6) is 0 Å². The van der Waals surface area contributed by atoms with E-state index in [0.717, 1.165) is 12.8 Å². The van der Waals surface area contributed by atoms with Gasteiger partial charge in [-0.25, -0.2) is 4.39 Å².